The number of benzene rings is 1. The van der Waals surface area contributed by atoms with Crippen LogP contribution in [0.1, 0.15) is 42.3 Å². The summed E-state index contributed by atoms with van der Waals surface area (Å²) in [6.07, 6.45) is 3.07. The number of carbonyl (C=O) groups excluding carboxylic acids is 1. The fourth-order valence-electron chi connectivity index (χ4n) is 3.13. The number of piperidine rings is 1. The van der Waals surface area contributed by atoms with Crippen LogP contribution >= 0.6 is 0 Å². The number of amides is 1. The number of hydrogen-bond acceptors (Lipinski definition) is 4. The van der Waals surface area contributed by atoms with Crippen molar-refractivity contribution in [1.82, 2.24) is 10.1 Å². The van der Waals surface area contributed by atoms with Crippen molar-refractivity contribution in [2.75, 3.05) is 6.54 Å². The molecular weight excluding hydrogens is 290 g/mol. The SMILES string of the molecule is Cc1ccc(-c2cc(C(=O)N3CCCCC3C(C)N)on2)cc1. The Bertz CT molecular complexity index is 676. The third-order valence-electron chi connectivity index (χ3n) is 4.49. The Labute approximate surface area is 136 Å². The first kappa shape index (κ1) is 15.7. The van der Waals surface area contributed by atoms with Gasteiger partial charge in [0, 0.05) is 30.3 Å². The molecule has 0 radical (unpaired) electrons. The van der Waals surface area contributed by atoms with Gasteiger partial charge in [-0.25, -0.2) is 0 Å². The smallest absolute Gasteiger partial charge is 0.292 e. The predicted molar refractivity (Wildman–Crippen MR) is 89.0 cm³/mol. The van der Waals surface area contributed by atoms with Crippen molar-refractivity contribution in [3.8, 4) is 11.3 Å². The van der Waals surface area contributed by atoms with E-state index in [2.05, 4.69) is 5.16 Å². The van der Waals surface area contributed by atoms with Crippen LogP contribution in [0, 0.1) is 6.92 Å². The Morgan fingerprint density at radius 3 is 2.78 bits per heavy atom. The van der Waals surface area contributed by atoms with Crippen LogP contribution < -0.4 is 5.73 Å². The Morgan fingerprint density at radius 1 is 1.35 bits per heavy atom. The molecule has 3 rings (SSSR count). The van der Waals surface area contributed by atoms with Crippen LogP contribution in [0.2, 0.25) is 0 Å². The maximum absolute atomic E-state index is 12.7. The highest BCUT2D eigenvalue weighted by molar-refractivity contribution is 5.92. The number of nitrogens with two attached hydrogens (primary N) is 1. The monoisotopic (exact) mass is 313 g/mol. The van der Waals surface area contributed by atoms with Gasteiger partial charge < -0.3 is 15.2 Å². The maximum atomic E-state index is 12.7. The van der Waals surface area contributed by atoms with Gasteiger partial charge in [-0.05, 0) is 33.1 Å². The Hall–Kier alpha value is -2.14. The van der Waals surface area contributed by atoms with Crippen molar-refractivity contribution in [1.29, 1.82) is 0 Å². The molecule has 0 spiro atoms. The third kappa shape index (κ3) is 3.29. The van der Waals surface area contributed by atoms with Gasteiger partial charge in [0.1, 0.15) is 5.69 Å². The van der Waals surface area contributed by atoms with Gasteiger partial charge in [-0.2, -0.15) is 0 Å². The van der Waals surface area contributed by atoms with Crippen LogP contribution in [0.5, 0.6) is 0 Å². The molecule has 5 heteroatoms. The summed E-state index contributed by atoms with van der Waals surface area (Å²) < 4.78 is 5.31. The zero-order chi connectivity index (χ0) is 16.4. The largest absolute Gasteiger partial charge is 0.350 e. The normalized spacial score (nSPS) is 19.6. The minimum atomic E-state index is -0.113. The molecule has 1 aromatic heterocycles. The van der Waals surface area contributed by atoms with E-state index < -0.39 is 0 Å². The van der Waals surface area contributed by atoms with E-state index in [-0.39, 0.29) is 23.8 Å². The molecule has 1 saturated heterocycles. The average molecular weight is 313 g/mol. The van der Waals surface area contributed by atoms with E-state index in [9.17, 15) is 4.79 Å². The third-order valence-corrected chi connectivity index (χ3v) is 4.49. The second-order valence-electron chi connectivity index (χ2n) is 6.36. The fourth-order valence-corrected chi connectivity index (χ4v) is 3.13. The number of rotatable bonds is 3. The first-order valence-electron chi connectivity index (χ1n) is 8.16. The summed E-state index contributed by atoms with van der Waals surface area (Å²) in [6, 6.07) is 9.74. The summed E-state index contributed by atoms with van der Waals surface area (Å²) in [7, 11) is 0. The van der Waals surface area contributed by atoms with E-state index in [0.717, 1.165) is 31.4 Å². The molecule has 23 heavy (non-hydrogen) atoms. The molecule has 1 aliphatic rings. The lowest BCUT2D eigenvalue weighted by Crippen LogP contribution is -2.51. The van der Waals surface area contributed by atoms with Crippen molar-refractivity contribution in [2.24, 2.45) is 5.73 Å². The zero-order valence-corrected chi connectivity index (χ0v) is 13.7. The summed E-state index contributed by atoms with van der Waals surface area (Å²) >= 11 is 0. The quantitative estimate of drug-likeness (QED) is 0.945. The van der Waals surface area contributed by atoms with E-state index in [1.165, 1.54) is 5.56 Å². The van der Waals surface area contributed by atoms with Gasteiger partial charge in [0.15, 0.2) is 0 Å². The molecular formula is C18H23N3O2. The number of likely N-dealkylation sites (tertiary alicyclic amines) is 1. The Balaban J connectivity index is 1.81. The predicted octanol–water partition coefficient (Wildman–Crippen LogP) is 2.99. The second kappa shape index (κ2) is 6.54. The van der Waals surface area contributed by atoms with Crippen molar-refractivity contribution in [3.05, 3.63) is 41.7 Å². The van der Waals surface area contributed by atoms with Gasteiger partial charge in [-0.3, -0.25) is 4.79 Å². The Kier molecular flexibility index (Phi) is 4.48. The summed E-state index contributed by atoms with van der Waals surface area (Å²) in [6.45, 7) is 4.71. The zero-order valence-electron chi connectivity index (χ0n) is 13.7. The highest BCUT2D eigenvalue weighted by atomic mass is 16.5. The van der Waals surface area contributed by atoms with Gasteiger partial charge >= 0.3 is 0 Å². The van der Waals surface area contributed by atoms with Crippen molar-refractivity contribution in [2.45, 2.75) is 45.2 Å². The number of hydrogen-bond donors (Lipinski definition) is 1. The van der Waals surface area contributed by atoms with Gasteiger partial charge in [0.05, 0.1) is 0 Å². The highest BCUT2D eigenvalue weighted by Crippen LogP contribution is 2.24. The van der Waals surface area contributed by atoms with Crippen LogP contribution in [0.4, 0.5) is 0 Å². The van der Waals surface area contributed by atoms with Crippen molar-refractivity contribution >= 4 is 5.91 Å². The van der Waals surface area contributed by atoms with Crippen LogP contribution in [0.3, 0.4) is 0 Å². The summed E-state index contributed by atoms with van der Waals surface area (Å²) in [5.41, 5.74) is 8.85. The molecule has 5 nitrogen and oxygen atoms in total. The molecule has 1 amide bonds. The van der Waals surface area contributed by atoms with Crippen LogP contribution in [-0.2, 0) is 0 Å². The molecule has 2 atom stereocenters. The summed E-state index contributed by atoms with van der Waals surface area (Å²) in [5, 5.41) is 4.05. The molecule has 0 saturated carbocycles. The molecule has 122 valence electrons. The van der Waals surface area contributed by atoms with Crippen LogP contribution in [0.25, 0.3) is 11.3 Å². The maximum Gasteiger partial charge on any atom is 0.292 e. The molecule has 1 aromatic carbocycles. The van der Waals surface area contributed by atoms with E-state index in [0.29, 0.717) is 5.69 Å². The van der Waals surface area contributed by atoms with Gasteiger partial charge in [0.2, 0.25) is 5.76 Å². The van der Waals surface area contributed by atoms with Crippen LogP contribution in [-0.4, -0.2) is 34.6 Å². The van der Waals surface area contributed by atoms with Gasteiger partial charge in [0.25, 0.3) is 5.91 Å². The lowest BCUT2D eigenvalue weighted by Gasteiger charge is -2.37. The topological polar surface area (TPSA) is 72.4 Å². The minimum Gasteiger partial charge on any atom is -0.350 e. The molecule has 0 aliphatic carbocycles. The van der Waals surface area contributed by atoms with Crippen LogP contribution in [0.15, 0.2) is 34.9 Å². The number of aromatic nitrogens is 1. The van der Waals surface area contributed by atoms with Crippen molar-refractivity contribution < 1.29 is 9.32 Å². The first-order chi connectivity index (χ1) is 11.1. The van der Waals surface area contributed by atoms with E-state index in [4.69, 9.17) is 10.3 Å². The van der Waals surface area contributed by atoms with Gasteiger partial charge in [-0.1, -0.05) is 35.0 Å². The number of carbonyl (C=O) groups is 1. The first-order valence-corrected chi connectivity index (χ1v) is 8.16. The van der Waals surface area contributed by atoms with E-state index >= 15 is 0 Å². The van der Waals surface area contributed by atoms with Gasteiger partial charge in [-0.15, -0.1) is 0 Å². The lowest BCUT2D eigenvalue weighted by molar-refractivity contribution is 0.0542. The molecule has 1 aliphatic heterocycles. The second-order valence-corrected chi connectivity index (χ2v) is 6.36. The lowest BCUT2D eigenvalue weighted by atomic mass is 9.96. The fraction of sp³-hybridized carbons (Fsp3) is 0.444. The minimum absolute atomic E-state index is 0.0428. The number of aryl methyl sites for hydroxylation is 1. The standard InChI is InChI=1S/C18H23N3O2/c1-12-6-8-14(9-7-12)15-11-17(23-20-15)18(22)21-10-4-3-5-16(21)13(2)19/h6-9,11,13,16H,3-5,10,19H2,1-2H3. The highest BCUT2D eigenvalue weighted by Gasteiger charge is 2.31. The molecule has 2 heterocycles. The van der Waals surface area contributed by atoms with E-state index in [1.807, 2.05) is 43.0 Å². The van der Waals surface area contributed by atoms with Crippen molar-refractivity contribution in [3.63, 3.8) is 0 Å². The molecule has 2 aromatic rings. The molecule has 2 unspecified atom stereocenters. The number of nitrogens with zero attached hydrogens (tertiary/aromatic N) is 2. The van der Waals surface area contributed by atoms with E-state index in [1.54, 1.807) is 6.07 Å². The summed E-state index contributed by atoms with van der Waals surface area (Å²) in [4.78, 5) is 14.6. The Morgan fingerprint density at radius 2 is 2.09 bits per heavy atom. The average Bonchev–Trinajstić information content (AvgIpc) is 3.04. The summed E-state index contributed by atoms with van der Waals surface area (Å²) in [5.74, 6) is 0.172. The molecule has 1 fully saturated rings. The molecule has 2 N–H and O–H groups in total. The molecule has 0 bridgehead atoms.